The zero-order valence-electron chi connectivity index (χ0n) is 9.55. The Morgan fingerprint density at radius 1 is 1.39 bits per heavy atom. The Kier molecular flexibility index (Phi) is 2.69. The molecule has 3 nitrogen and oxygen atoms in total. The van der Waals surface area contributed by atoms with Crippen LogP contribution >= 0.6 is 22.9 Å². The van der Waals surface area contributed by atoms with E-state index in [0.29, 0.717) is 10.0 Å². The lowest BCUT2D eigenvalue weighted by Crippen LogP contribution is -1.91. The molecule has 3 rings (SSSR count). The quantitative estimate of drug-likeness (QED) is 0.668. The molecule has 0 atom stereocenters. The van der Waals surface area contributed by atoms with Crippen LogP contribution in [0.3, 0.4) is 0 Å². The topological polar surface area (TPSA) is 34.9 Å². The van der Waals surface area contributed by atoms with Crippen LogP contribution in [-0.2, 0) is 7.05 Å². The predicted molar refractivity (Wildman–Crippen MR) is 74.4 cm³/mol. The second-order valence-electron chi connectivity index (χ2n) is 3.93. The number of carbonyl (C=O) groups excluding carboxylic acids is 1. The average Bonchev–Trinajstić information content (AvgIpc) is 2.92. The van der Waals surface area contributed by atoms with Gasteiger partial charge in [-0.15, -0.1) is 11.3 Å². The summed E-state index contributed by atoms with van der Waals surface area (Å²) >= 11 is 7.24. The molecule has 5 heteroatoms. The van der Waals surface area contributed by atoms with E-state index in [4.69, 9.17) is 11.6 Å². The van der Waals surface area contributed by atoms with E-state index in [2.05, 4.69) is 4.98 Å². The number of aldehydes is 1. The summed E-state index contributed by atoms with van der Waals surface area (Å²) in [5.41, 5.74) is 2.59. The van der Waals surface area contributed by atoms with Crippen molar-refractivity contribution in [2.24, 2.45) is 7.05 Å². The van der Waals surface area contributed by atoms with E-state index < -0.39 is 0 Å². The van der Waals surface area contributed by atoms with Crippen molar-refractivity contribution in [1.82, 2.24) is 9.55 Å². The number of para-hydroxylation sites is 1. The van der Waals surface area contributed by atoms with Gasteiger partial charge in [-0.1, -0.05) is 29.8 Å². The first-order valence-electron chi connectivity index (χ1n) is 5.36. The van der Waals surface area contributed by atoms with Gasteiger partial charge in [0.25, 0.3) is 0 Å². The van der Waals surface area contributed by atoms with Gasteiger partial charge in [0.2, 0.25) is 0 Å². The van der Waals surface area contributed by atoms with Crippen molar-refractivity contribution in [2.45, 2.75) is 0 Å². The maximum absolute atomic E-state index is 11.4. The predicted octanol–water partition coefficient (Wildman–Crippen LogP) is 3.77. The summed E-state index contributed by atoms with van der Waals surface area (Å²) in [6, 6.07) is 7.83. The molecule has 0 aliphatic rings. The number of nitrogens with zero attached hydrogens (tertiary/aromatic N) is 2. The number of aromatic nitrogens is 2. The number of aryl methyl sites for hydroxylation is 1. The van der Waals surface area contributed by atoms with E-state index in [1.807, 2.05) is 35.9 Å². The van der Waals surface area contributed by atoms with Crippen LogP contribution in [-0.4, -0.2) is 15.8 Å². The minimum Gasteiger partial charge on any atom is -0.342 e. The van der Waals surface area contributed by atoms with Gasteiger partial charge in [0.05, 0.1) is 10.6 Å². The fraction of sp³-hybridized carbons (Fsp3) is 0.0769. The van der Waals surface area contributed by atoms with Gasteiger partial charge in [0.1, 0.15) is 0 Å². The van der Waals surface area contributed by atoms with Crippen LogP contribution in [0.25, 0.3) is 21.5 Å². The smallest absolute Gasteiger partial charge is 0.184 e. The Morgan fingerprint density at radius 3 is 2.83 bits per heavy atom. The SMILES string of the molecule is Cn1c(-c2cnc(Cl)s2)c(C=O)c2ccccc21. The lowest BCUT2D eigenvalue weighted by molar-refractivity contribution is 0.112. The lowest BCUT2D eigenvalue weighted by Gasteiger charge is -2.01. The second-order valence-corrected chi connectivity index (χ2v) is 5.55. The summed E-state index contributed by atoms with van der Waals surface area (Å²) in [6.45, 7) is 0. The van der Waals surface area contributed by atoms with Crippen LogP contribution in [0.1, 0.15) is 10.4 Å². The van der Waals surface area contributed by atoms with E-state index in [0.717, 1.165) is 27.8 Å². The zero-order valence-corrected chi connectivity index (χ0v) is 11.1. The molecule has 3 aromatic rings. The largest absolute Gasteiger partial charge is 0.342 e. The van der Waals surface area contributed by atoms with Crippen LogP contribution < -0.4 is 0 Å². The number of hydrogen-bond donors (Lipinski definition) is 0. The van der Waals surface area contributed by atoms with Crippen molar-refractivity contribution in [1.29, 1.82) is 0 Å². The highest BCUT2D eigenvalue weighted by Gasteiger charge is 2.17. The van der Waals surface area contributed by atoms with E-state index in [9.17, 15) is 4.79 Å². The van der Waals surface area contributed by atoms with Gasteiger partial charge in [-0.25, -0.2) is 4.98 Å². The molecule has 18 heavy (non-hydrogen) atoms. The summed E-state index contributed by atoms with van der Waals surface area (Å²) in [4.78, 5) is 16.3. The number of fused-ring (bicyclic) bond motifs is 1. The molecule has 0 radical (unpaired) electrons. The Morgan fingerprint density at radius 2 is 2.17 bits per heavy atom. The number of halogens is 1. The normalized spacial score (nSPS) is 11.0. The Hall–Kier alpha value is -1.65. The molecule has 0 fully saturated rings. The minimum atomic E-state index is 0.479. The zero-order chi connectivity index (χ0) is 12.7. The average molecular weight is 277 g/mol. The Labute approximate surface area is 113 Å². The highest BCUT2D eigenvalue weighted by Crippen LogP contribution is 2.35. The van der Waals surface area contributed by atoms with Crippen molar-refractivity contribution in [3.05, 3.63) is 40.5 Å². The third kappa shape index (κ3) is 1.57. The molecule has 2 aromatic heterocycles. The van der Waals surface area contributed by atoms with Crippen molar-refractivity contribution in [3.8, 4) is 10.6 Å². The standard InChI is InChI=1S/C13H9ClN2OS/c1-16-10-5-3-2-4-8(10)9(7-17)12(16)11-6-15-13(14)18-11/h2-7H,1H3. The minimum absolute atomic E-state index is 0.479. The molecule has 0 aliphatic carbocycles. The van der Waals surface area contributed by atoms with Gasteiger partial charge < -0.3 is 4.57 Å². The molecular weight excluding hydrogens is 268 g/mol. The van der Waals surface area contributed by atoms with Crippen LogP contribution in [0, 0.1) is 0 Å². The van der Waals surface area contributed by atoms with E-state index >= 15 is 0 Å². The molecule has 0 spiro atoms. The van der Waals surface area contributed by atoms with Crippen LogP contribution in [0.5, 0.6) is 0 Å². The van der Waals surface area contributed by atoms with Gasteiger partial charge in [-0.2, -0.15) is 0 Å². The van der Waals surface area contributed by atoms with Crippen LogP contribution in [0.4, 0.5) is 0 Å². The van der Waals surface area contributed by atoms with Gasteiger partial charge in [0.15, 0.2) is 10.8 Å². The Bertz CT molecular complexity index is 745. The summed E-state index contributed by atoms with van der Waals surface area (Å²) in [6.07, 6.45) is 2.60. The third-order valence-corrected chi connectivity index (χ3v) is 4.10. The maximum Gasteiger partial charge on any atom is 0.184 e. The first-order chi connectivity index (χ1) is 8.72. The van der Waals surface area contributed by atoms with E-state index in [1.54, 1.807) is 6.20 Å². The number of hydrogen-bond acceptors (Lipinski definition) is 3. The molecular formula is C13H9ClN2OS. The number of benzene rings is 1. The van der Waals surface area contributed by atoms with Gasteiger partial charge in [-0.3, -0.25) is 4.79 Å². The molecule has 90 valence electrons. The van der Waals surface area contributed by atoms with Crippen LogP contribution in [0.15, 0.2) is 30.5 Å². The van der Waals surface area contributed by atoms with Gasteiger partial charge in [-0.05, 0) is 6.07 Å². The highest BCUT2D eigenvalue weighted by atomic mass is 35.5. The molecule has 0 amide bonds. The van der Waals surface area contributed by atoms with E-state index in [-0.39, 0.29) is 0 Å². The van der Waals surface area contributed by atoms with Crippen molar-refractivity contribution in [3.63, 3.8) is 0 Å². The maximum atomic E-state index is 11.4. The number of thiazole rings is 1. The Balaban J connectivity index is 2.41. The lowest BCUT2D eigenvalue weighted by atomic mass is 10.1. The molecule has 2 heterocycles. The molecule has 0 saturated carbocycles. The molecule has 0 saturated heterocycles. The second kappa shape index (κ2) is 4.23. The van der Waals surface area contributed by atoms with Crippen molar-refractivity contribution < 1.29 is 4.79 Å². The van der Waals surface area contributed by atoms with Gasteiger partial charge in [0, 0.05) is 29.7 Å². The van der Waals surface area contributed by atoms with Crippen LogP contribution in [0.2, 0.25) is 4.47 Å². The summed E-state index contributed by atoms with van der Waals surface area (Å²) < 4.78 is 2.48. The fourth-order valence-electron chi connectivity index (χ4n) is 2.20. The van der Waals surface area contributed by atoms with Crippen molar-refractivity contribution >= 4 is 40.1 Å². The molecule has 0 aliphatic heterocycles. The summed E-state index contributed by atoms with van der Waals surface area (Å²) in [5.74, 6) is 0. The fourth-order valence-corrected chi connectivity index (χ4v) is 3.24. The first kappa shape index (κ1) is 11.4. The molecule has 0 N–H and O–H groups in total. The monoisotopic (exact) mass is 276 g/mol. The molecule has 0 unspecified atom stereocenters. The first-order valence-corrected chi connectivity index (χ1v) is 6.56. The van der Waals surface area contributed by atoms with Gasteiger partial charge >= 0.3 is 0 Å². The number of rotatable bonds is 2. The highest BCUT2D eigenvalue weighted by molar-refractivity contribution is 7.18. The number of carbonyl (C=O) groups is 1. The van der Waals surface area contributed by atoms with E-state index in [1.165, 1.54) is 11.3 Å². The summed E-state index contributed by atoms with van der Waals surface area (Å²) in [5, 5.41) is 0.953. The molecule has 1 aromatic carbocycles. The third-order valence-electron chi connectivity index (χ3n) is 2.97. The molecule has 0 bridgehead atoms. The summed E-state index contributed by atoms with van der Waals surface area (Å²) in [7, 11) is 1.94. The van der Waals surface area contributed by atoms with Crippen molar-refractivity contribution in [2.75, 3.05) is 0 Å².